The molecule has 0 bridgehead atoms. The van der Waals surface area contributed by atoms with Crippen LogP contribution >= 0.6 is 0 Å². The SMILES string of the molecule is Nc1ccc(S(=O)(=O)NCc2ccon2)c2ccccc12. The second kappa shape index (κ2) is 5.19. The third kappa shape index (κ3) is 2.61. The third-order valence-corrected chi connectivity index (χ3v) is 4.60. The van der Waals surface area contributed by atoms with Crippen LogP contribution in [0.3, 0.4) is 0 Å². The molecule has 0 aliphatic heterocycles. The number of hydrogen-bond donors (Lipinski definition) is 2. The molecule has 0 saturated carbocycles. The molecule has 0 unspecified atom stereocenters. The minimum absolute atomic E-state index is 0.0670. The molecule has 3 rings (SSSR count). The standard InChI is InChI=1S/C14H13N3O3S/c15-13-5-6-14(12-4-2-1-3-11(12)13)21(18,19)16-9-10-7-8-20-17-10/h1-8,16H,9,15H2. The maximum absolute atomic E-state index is 12.4. The van der Waals surface area contributed by atoms with Crippen LogP contribution in [-0.4, -0.2) is 13.6 Å². The number of sulfonamides is 1. The van der Waals surface area contributed by atoms with Gasteiger partial charge in [0.1, 0.15) is 6.26 Å². The van der Waals surface area contributed by atoms with Crippen LogP contribution in [-0.2, 0) is 16.6 Å². The van der Waals surface area contributed by atoms with Crippen LogP contribution in [0.15, 0.2) is 58.1 Å². The maximum Gasteiger partial charge on any atom is 0.241 e. The first kappa shape index (κ1) is 13.6. The van der Waals surface area contributed by atoms with Crippen molar-refractivity contribution < 1.29 is 12.9 Å². The van der Waals surface area contributed by atoms with Crippen molar-refractivity contribution in [2.75, 3.05) is 5.73 Å². The van der Waals surface area contributed by atoms with Gasteiger partial charge in [0.15, 0.2) is 0 Å². The zero-order valence-electron chi connectivity index (χ0n) is 11.0. The number of nitrogens with zero attached hydrogens (tertiary/aromatic N) is 1. The number of nitrogen functional groups attached to an aromatic ring is 1. The van der Waals surface area contributed by atoms with E-state index in [1.165, 1.54) is 12.3 Å². The molecule has 0 saturated heterocycles. The predicted octanol–water partition coefficient (Wildman–Crippen LogP) is 1.89. The normalized spacial score (nSPS) is 11.8. The van der Waals surface area contributed by atoms with Crippen LogP contribution < -0.4 is 10.5 Å². The molecule has 0 fully saturated rings. The molecule has 6 nitrogen and oxygen atoms in total. The highest BCUT2D eigenvalue weighted by Crippen LogP contribution is 2.27. The van der Waals surface area contributed by atoms with E-state index in [9.17, 15) is 8.42 Å². The fourth-order valence-corrected chi connectivity index (χ4v) is 3.31. The van der Waals surface area contributed by atoms with Crippen molar-refractivity contribution >= 4 is 26.5 Å². The van der Waals surface area contributed by atoms with Gasteiger partial charge in [0.05, 0.1) is 17.1 Å². The molecule has 108 valence electrons. The van der Waals surface area contributed by atoms with Gasteiger partial charge in [0, 0.05) is 22.5 Å². The number of aromatic nitrogens is 1. The highest BCUT2D eigenvalue weighted by molar-refractivity contribution is 7.89. The van der Waals surface area contributed by atoms with Crippen LogP contribution in [0.4, 0.5) is 5.69 Å². The molecular weight excluding hydrogens is 290 g/mol. The molecule has 7 heteroatoms. The Morgan fingerprint density at radius 1 is 1.10 bits per heavy atom. The lowest BCUT2D eigenvalue weighted by Crippen LogP contribution is -2.23. The molecule has 0 radical (unpaired) electrons. The van der Waals surface area contributed by atoms with E-state index >= 15 is 0 Å². The summed E-state index contributed by atoms with van der Waals surface area (Å²) < 4.78 is 32.1. The average Bonchev–Trinajstić information content (AvgIpc) is 2.99. The fourth-order valence-electron chi connectivity index (χ4n) is 2.10. The minimum atomic E-state index is -3.67. The molecule has 1 aromatic heterocycles. The summed E-state index contributed by atoms with van der Waals surface area (Å²) in [5, 5.41) is 4.97. The van der Waals surface area contributed by atoms with Crippen molar-refractivity contribution in [2.24, 2.45) is 0 Å². The quantitative estimate of drug-likeness (QED) is 0.717. The molecule has 0 aliphatic carbocycles. The Hall–Kier alpha value is -2.38. The molecule has 2 aromatic carbocycles. The summed E-state index contributed by atoms with van der Waals surface area (Å²) in [5.41, 5.74) is 6.94. The van der Waals surface area contributed by atoms with Gasteiger partial charge in [0.25, 0.3) is 0 Å². The van der Waals surface area contributed by atoms with E-state index in [1.54, 1.807) is 30.3 Å². The van der Waals surface area contributed by atoms with Gasteiger partial charge in [-0.3, -0.25) is 0 Å². The Balaban J connectivity index is 2.01. The summed E-state index contributed by atoms with van der Waals surface area (Å²) in [6.45, 7) is 0.0670. The van der Waals surface area contributed by atoms with Gasteiger partial charge < -0.3 is 10.3 Å². The second-order valence-corrected chi connectivity index (χ2v) is 6.25. The van der Waals surface area contributed by atoms with Crippen molar-refractivity contribution in [3.63, 3.8) is 0 Å². The van der Waals surface area contributed by atoms with Crippen molar-refractivity contribution in [3.05, 3.63) is 54.4 Å². The Kier molecular flexibility index (Phi) is 3.36. The van der Waals surface area contributed by atoms with Crippen LogP contribution in [0.5, 0.6) is 0 Å². The maximum atomic E-state index is 12.4. The molecule has 1 heterocycles. The molecular formula is C14H13N3O3S. The van der Waals surface area contributed by atoms with E-state index in [2.05, 4.69) is 14.4 Å². The van der Waals surface area contributed by atoms with Gasteiger partial charge in [-0.15, -0.1) is 0 Å². The largest absolute Gasteiger partial charge is 0.398 e. The first-order valence-corrected chi connectivity index (χ1v) is 7.72. The van der Waals surface area contributed by atoms with Crippen molar-refractivity contribution in [1.29, 1.82) is 0 Å². The van der Waals surface area contributed by atoms with Gasteiger partial charge in [-0.1, -0.05) is 29.4 Å². The number of anilines is 1. The lowest BCUT2D eigenvalue weighted by Gasteiger charge is -2.10. The van der Waals surface area contributed by atoms with Crippen molar-refractivity contribution in [3.8, 4) is 0 Å². The van der Waals surface area contributed by atoms with Gasteiger partial charge >= 0.3 is 0 Å². The highest BCUT2D eigenvalue weighted by atomic mass is 32.2. The summed E-state index contributed by atoms with van der Waals surface area (Å²) in [6, 6.07) is 11.8. The molecule has 0 amide bonds. The van der Waals surface area contributed by atoms with Gasteiger partial charge in [-0.25, -0.2) is 13.1 Å². The Morgan fingerprint density at radius 2 is 1.86 bits per heavy atom. The van der Waals surface area contributed by atoms with E-state index < -0.39 is 10.0 Å². The zero-order valence-corrected chi connectivity index (χ0v) is 11.8. The van der Waals surface area contributed by atoms with Crippen molar-refractivity contribution in [1.82, 2.24) is 9.88 Å². The smallest absolute Gasteiger partial charge is 0.241 e. The van der Waals surface area contributed by atoms with Gasteiger partial charge in [0.2, 0.25) is 10.0 Å². The number of nitrogens with one attached hydrogen (secondary N) is 1. The number of rotatable bonds is 4. The van der Waals surface area contributed by atoms with E-state index in [-0.39, 0.29) is 11.4 Å². The predicted molar refractivity (Wildman–Crippen MR) is 78.9 cm³/mol. The first-order chi connectivity index (χ1) is 10.1. The number of hydrogen-bond acceptors (Lipinski definition) is 5. The number of nitrogens with two attached hydrogens (primary N) is 1. The average molecular weight is 303 g/mol. The summed E-state index contributed by atoms with van der Waals surface area (Å²) in [4.78, 5) is 0.191. The van der Waals surface area contributed by atoms with E-state index in [4.69, 9.17) is 5.73 Å². The molecule has 3 aromatic rings. The third-order valence-electron chi connectivity index (χ3n) is 3.14. The number of fused-ring (bicyclic) bond motifs is 1. The van der Waals surface area contributed by atoms with E-state index in [1.807, 2.05) is 6.07 Å². The Morgan fingerprint density at radius 3 is 2.57 bits per heavy atom. The summed E-state index contributed by atoms with van der Waals surface area (Å²) in [7, 11) is -3.67. The van der Waals surface area contributed by atoms with Crippen LogP contribution in [0, 0.1) is 0 Å². The molecule has 0 aliphatic rings. The first-order valence-electron chi connectivity index (χ1n) is 6.24. The summed E-state index contributed by atoms with van der Waals surface area (Å²) in [5.74, 6) is 0. The van der Waals surface area contributed by atoms with Gasteiger partial charge in [-0.05, 0) is 12.1 Å². The van der Waals surface area contributed by atoms with Crippen molar-refractivity contribution in [2.45, 2.75) is 11.4 Å². The number of benzene rings is 2. The highest BCUT2D eigenvalue weighted by Gasteiger charge is 2.18. The molecule has 3 N–H and O–H groups in total. The minimum Gasteiger partial charge on any atom is -0.398 e. The lowest BCUT2D eigenvalue weighted by atomic mass is 10.1. The topological polar surface area (TPSA) is 98.2 Å². The Bertz CT molecular complexity index is 874. The summed E-state index contributed by atoms with van der Waals surface area (Å²) >= 11 is 0. The van der Waals surface area contributed by atoms with E-state index in [0.717, 1.165) is 0 Å². The zero-order chi connectivity index (χ0) is 14.9. The van der Waals surface area contributed by atoms with Crippen LogP contribution in [0.25, 0.3) is 10.8 Å². The molecule has 0 spiro atoms. The monoisotopic (exact) mass is 303 g/mol. The molecule has 0 atom stereocenters. The van der Waals surface area contributed by atoms with Crippen LogP contribution in [0.1, 0.15) is 5.69 Å². The lowest BCUT2D eigenvalue weighted by molar-refractivity contribution is 0.411. The second-order valence-electron chi connectivity index (χ2n) is 4.51. The summed E-state index contributed by atoms with van der Waals surface area (Å²) in [6.07, 6.45) is 1.39. The Labute approximate surface area is 121 Å². The van der Waals surface area contributed by atoms with Crippen LogP contribution in [0.2, 0.25) is 0 Å². The molecule has 21 heavy (non-hydrogen) atoms. The fraction of sp³-hybridized carbons (Fsp3) is 0.0714. The van der Waals surface area contributed by atoms with E-state index in [0.29, 0.717) is 22.2 Å². The van der Waals surface area contributed by atoms with Gasteiger partial charge in [-0.2, -0.15) is 0 Å².